The van der Waals surface area contributed by atoms with Gasteiger partial charge in [-0.1, -0.05) is 0 Å². The molecule has 2 rings (SSSR count). The first-order valence-corrected chi connectivity index (χ1v) is 5.31. The number of hydrogen-bond acceptors (Lipinski definition) is 4. The Balaban J connectivity index is 2.43. The van der Waals surface area contributed by atoms with Crippen molar-refractivity contribution >= 4 is 5.69 Å². The summed E-state index contributed by atoms with van der Waals surface area (Å²) < 4.78 is 18.5. The lowest BCUT2D eigenvalue weighted by molar-refractivity contribution is 0.477. The number of halogens is 1. The van der Waals surface area contributed by atoms with Gasteiger partial charge in [-0.15, -0.1) is 0 Å². The first kappa shape index (κ1) is 12.4. The molecule has 0 atom stereocenters. The molecule has 0 aliphatic rings. The van der Waals surface area contributed by atoms with Crippen LogP contribution in [-0.4, -0.2) is 0 Å². The minimum Gasteiger partial charge on any atom is -0.455 e. The Morgan fingerprint density at radius 2 is 1.53 bits per heavy atom. The highest BCUT2D eigenvalue weighted by atomic mass is 19.1. The first-order chi connectivity index (χ1) is 9.13. The largest absolute Gasteiger partial charge is 0.455 e. The minimum atomic E-state index is -0.526. The summed E-state index contributed by atoms with van der Waals surface area (Å²) in [5, 5.41) is 17.9. The Labute approximate surface area is 109 Å². The summed E-state index contributed by atoms with van der Waals surface area (Å²) in [7, 11) is 0. The van der Waals surface area contributed by atoms with E-state index in [2.05, 4.69) is 0 Å². The number of nitriles is 2. The number of anilines is 1. The van der Waals surface area contributed by atoms with Gasteiger partial charge < -0.3 is 10.5 Å². The second-order valence-corrected chi connectivity index (χ2v) is 3.72. The molecule has 2 aromatic carbocycles. The number of nitrogens with zero attached hydrogens (tertiary/aromatic N) is 2. The van der Waals surface area contributed by atoms with Crippen LogP contribution in [0.3, 0.4) is 0 Å². The van der Waals surface area contributed by atoms with Gasteiger partial charge in [0.2, 0.25) is 0 Å². The van der Waals surface area contributed by atoms with Gasteiger partial charge in [0.05, 0.1) is 11.1 Å². The van der Waals surface area contributed by atoms with Crippen molar-refractivity contribution in [3.05, 3.63) is 53.3 Å². The topological polar surface area (TPSA) is 82.8 Å². The highest BCUT2D eigenvalue weighted by Crippen LogP contribution is 2.29. The predicted molar refractivity (Wildman–Crippen MR) is 66.8 cm³/mol. The molecular formula is C14H8FN3O. The molecule has 4 nitrogen and oxygen atoms in total. The fraction of sp³-hybridized carbons (Fsp3) is 0. The van der Waals surface area contributed by atoms with E-state index in [1.807, 2.05) is 12.1 Å². The number of ether oxygens (including phenoxy) is 1. The number of nitrogen functional groups attached to an aromatic ring is 1. The summed E-state index contributed by atoms with van der Waals surface area (Å²) in [6, 6.07) is 11.9. The lowest BCUT2D eigenvalue weighted by Crippen LogP contribution is -1.93. The van der Waals surface area contributed by atoms with Crippen LogP contribution >= 0.6 is 0 Å². The summed E-state index contributed by atoms with van der Waals surface area (Å²) in [6.45, 7) is 0. The van der Waals surface area contributed by atoms with Crippen LogP contribution in [0.4, 0.5) is 10.1 Å². The average molecular weight is 253 g/mol. The molecular weight excluding hydrogens is 245 g/mol. The normalized spacial score (nSPS) is 9.42. The summed E-state index contributed by atoms with van der Waals surface area (Å²) in [5.41, 5.74) is 6.30. The van der Waals surface area contributed by atoms with Gasteiger partial charge in [0.15, 0.2) is 0 Å². The maximum absolute atomic E-state index is 13.0. The van der Waals surface area contributed by atoms with Crippen molar-refractivity contribution in [3.63, 3.8) is 0 Å². The Morgan fingerprint density at radius 1 is 0.947 bits per heavy atom. The zero-order valence-electron chi connectivity index (χ0n) is 9.72. The van der Waals surface area contributed by atoms with Crippen LogP contribution in [0.15, 0.2) is 36.4 Å². The summed E-state index contributed by atoms with van der Waals surface area (Å²) in [6.07, 6.45) is 0. The Morgan fingerprint density at radius 3 is 2.16 bits per heavy atom. The Kier molecular flexibility index (Phi) is 3.31. The first-order valence-electron chi connectivity index (χ1n) is 5.31. The third-order valence-corrected chi connectivity index (χ3v) is 2.41. The van der Waals surface area contributed by atoms with E-state index in [4.69, 9.17) is 21.0 Å². The summed E-state index contributed by atoms with van der Waals surface area (Å²) >= 11 is 0. The van der Waals surface area contributed by atoms with E-state index in [9.17, 15) is 4.39 Å². The Hall–Kier alpha value is -3.05. The van der Waals surface area contributed by atoms with Gasteiger partial charge in [-0.2, -0.15) is 10.5 Å². The van der Waals surface area contributed by atoms with Crippen LogP contribution < -0.4 is 10.5 Å². The summed E-state index contributed by atoms with van der Waals surface area (Å²) in [4.78, 5) is 0. The molecule has 0 saturated carbocycles. The molecule has 2 N–H and O–H groups in total. The molecule has 92 valence electrons. The van der Waals surface area contributed by atoms with E-state index in [1.165, 1.54) is 24.3 Å². The predicted octanol–water partition coefficient (Wildman–Crippen LogP) is 2.94. The monoisotopic (exact) mass is 253 g/mol. The number of benzene rings is 2. The van der Waals surface area contributed by atoms with Crippen LogP contribution in [0.1, 0.15) is 11.1 Å². The lowest BCUT2D eigenvalue weighted by atomic mass is 10.2. The minimum absolute atomic E-state index is 0.0562. The van der Waals surface area contributed by atoms with Gasteiger partial charge >= 0.3 is 0 Å². The van der Waals surface area contributed by atoms with Crippen LogP contribution in [0.5, 0.6) is 11.5 Å². The third-order valence-electron chi connectivity index (χ3n) is 2.41. The van der Waals surface area contributed by atoms with E-state index in [-0.39, 0.29) is 22.6 Å². The third kappa shape index (κ3) is 2.62. The van der Waals surface area contributed by atoms with E-state index < -0.39 is 5.82 Å². The van der Waals surface area contributed by atoms with Crippen molar-refractivity contribution in [1.82, 2.24) is 0 Å². The molecule has 0 amide bonds. The van der Waals surface area contributed by atoms with Gasteiger partial charge in [-0.3, -0.25) is 0 Å². The Bertz CT molecular complexity index is 652. The van der Waals surface area contributed by atoms with E-state index in [0.29, 0.717) is 5.69 Å². The molecule has 0 unspecified atom stereocenters. The van der Waals surface area contributed by atoms with Gasteiger partial charge in [0.1, 0.15) is 29.5 Å². The molecule has 0 spiro atoms. The molecule has 5 heteroatoms. The SMILES string of the molecule is N#Cc1cc(N)ccc1Oc1ccc(F)cc1C#N. The zero-order valence-corrected chi connectivity index (χ0v) is 9.72. The van der Waals surface area contributed by atoms with E-state index in [1.54, 1.807) is 6.07 Å². The van der Waals surface area contributed by atoms with Crippen molar-refractivity contribution in [3.8, 4) is 23.6 Å². The number of rotatable bonds is 2. The average Bonchev–Trinajstić information content (AvgIpc) is 2.42. The molecule has 0 radical (unpaired) electrons. The lowest BCUT2D eigenvalue weighted by Gasteiger charge is -2.09. The summed E-state index contributed by atoms with van der Waals surface area (Å²) in [5.74, 6) is -0.0771. The fourth-order valence-electron chi connectivity index (χ4n) is 1.52. The van der Waals surface area contributed by atoms with Crippen LogP contribution in [-0.2, 0) is 0 Å². The molecule has 0 saturated heterocycles. The van der Waals surface area contributed by atoms with Gasteiger partial charge in [-0.05, 0) is 36.4 Å². The van der Waals surface area contributed by atoms with E-state index in [0.717, 1.165) is 6.07 Å². The van der Waals surface area contributed by atoms with Gasteiger partial charge in [0.25, 0.3) is 0 Å². The van der Waals surface area contributed by atoms with Gasteiger partial charge in [0, 0.05) is 5.69 Å². The quantitative estimate of drug-likeness (QED) is 0.834. The molecule has 0 fully saturated rings. The van der Waals surface area contributed by atoms with Crippen molar-refractivity contribution < 1.29 is 9.13 Å². The second-order valence-electron chi connectivity index (χ2n) is 3.72. The molecule has 0 bridgehead atoms. The molecule has 19 heavy (non-hydrogen) atoms. The number of nitrogens with two attached hydrogens (primary N) is 1. The fourth-order valence-corrected chi connectivity index (χ4v) is 1.52. The van der Waals surface area contributed by atoms with Crippen LogP contribution in [0.25, 0.3) is 0 Å². The molecule has 0 heterocycles. The van der Waals surface area contributed by atoms with Gasteiger partial charge in [-0.25, -0.2) is 4.39 Å². The second kappa shape index (κ2) is 5.07. The molecule has 2 aromatic rings. The van der Waals surface area contributed by atoms with Crippen molar-refractivity contribution in [1.29, 1.82) is 10.5 Å². The molecule has 0 aliphatic heterocycles. The highest BCUT2D eigenvalue weighted by molar-refractivity contribution is 5.55. The molecule has 0 aromatic heterocycles. The maximum atomic E-state index is 13.0. The smallest absolute Gasteiger partial charge is 0.145 e. The molecule has 0 aliphatic carbocycles. The van der Waals surface area contributed by atoms with Crippen molar-refractivity contribution in [2.24, 2.45) is 0 Å². The highest BCUT2D eigenvalue weighted by Gasteiger charge is 2.09. The number of hydrogen-bond donors (Lipinski definition) is 1. The van der Waals surface area contributed by atoms with Crippen LogP contribution in [0, 0.1) is 28.5 Å². The zero-order chi connectivity index (χ0) is 13.8. The van der Waals surface area contributed by atoms with Crippen LogP contribution in [0.2, 0.25) is 0 Å². The maximum Gasteiger partial charge on any atom is 0.145 e. The standard InChI is InChI=1S/C14H8FN3O/c15-11-1-3-13(9(5-11)7-16)19-14-4-2-12(18)6-10(14)8-17/h1-6H,18H2. The van der Waals surface area contributed by atoms with Crippen molar-refractivity contribution in [2.45, 2.75) is 0 Å². The van der Waals surface area contributed by atoms with Crippen molar-refractivity contribution in [2.75, 3.05) is 5.73 Å². The van der Waals surface area contributed by atoms with E-state index >= 15 is 0 Å².